The Balaban J connectivity index is 4.02. The first-order chi connectivity index (χ1) is 7.36. The molecule has 2 amide bonds. The van der Waals surface area contributed by atoms with Crippen LogP contribution in [0.25, 0.3) is 0 Å². The summed E-state index contributed by atoms with van der Waals surface area (Å²) in [5.74, 6) is -1.02. The second kappa shape index (κ2) is 7.05. The van der Waals surface area contributed by atoms with Gasteiger partial charge in [0.15, 0.2) is 0 Å². The second-order valence-corrected chi connectivity index (χ2v) is 4.08. The molecule has 2 atom stereocenters. The van der Waals surface area contributed by atoms with E-state index in [1.807, 2.05) is 25.9 Å². The van der Waals surface area contributed by atoms with Crippen LogP contribution in [0.5, 0.6) is 0 Å². The van der Waals surface area contributed by atoms with Crippen molar-refractivity contribution in [1.82, 2.24) is 15.5 Å². The van der Waals surface area contributed by atoms with Gasteiger partial charge >= 0.3 is 12.0 Å². The molecule has 1 unspecified atom stereocenters. The second-order valence-electron chi connectivity index (χ2n) is 4.08. The summed E-state index contributed by atoms with van der Waals surface area (Å²) >= 11 is 0. The Morgan fingerprint density at radius 1 is 1.31 bits per heavy atom. The van der Waals surface area contributed by atoms with Gasteiger partial charge in [-0.05, 0) is 27.4 Å². The highest BCUT2D eigenvalue weighted by molar-refractivity contribution is 5.82. The molecule has 0 aliphatic heterocycles. The molecule has 0 saturated carbocycles. The molecule has 0 spiro atoms. The molecule has 0 aromatic heterocycles. The maximum absolute atomic E-state index is 11.4. The Hall–Kier alpha value is -1.30. The van der Waals surface area contributed by atoms with Gasteiger partial charge in [-0.3, -0.25) is 0 Å². The van der Waals surface area contributed by atoms with Crippen LogP contribution in [-0.2, 0) is 4.79 Å². The number of hydrogen-bond donors (Lipinski definition) is 3. The monoisotopic (exact) mass is 231 g/mol. The van der Waals surface area contributed by atoms with E-state index in [1.54, 1.807) is 6.92 Å². The van der Waals surface area contributed by atoms with Gasteiger partial charge in [-0.2, -0.15) is 0 Å². The highest BCUT2D eigenvalue weighted by Crippen LogP contribution is 1.91. The molecule has 16 heavy (non-hydrogen) atoms. The van der Waals surface area contributed by atoms with E-state index in [2.05, 4.69) is 10.6 Å². The number of carboxylic acids is 1. The number of carbonyl (C=O) groups excluding carboxylic acids is 1. The van der Waals surface area contributed by atoms with Crippen molar-refractivity contribution in [1.29, 1.82) is 0 Å². The van der Waals surface area contributed by atoms with Crippen molar-refractivity contribution in [3.8, 4) is 0 Å². The molecule has 0 bridgehead atoms. The largest absolute Gasteiger partial charge is 0.480 e. The maximum atomic E-state index is 11.4. The molecule has 94 valence electrons. The van der Waals surface area contributed by atoms with Crippen molar-refractivity contribution in [2.24, 2.45) is 0 Å². The van der Waals surface area contributed by atoms with Crippen LogP contribution in [-0.4, -0.2) is 54.7 Å². The molecule has 0 rings (SSSR count). The van der Waals surface area contributed by atoms with Crippen molar-refractivity contribution >= 4 is 12.0 Å². The molecule has 0 fully saturated rings. The van der Waals surface area contributed by atoms with Gasteiger partial charge in [0, 0.05) is 12.6 Å². The topological polar surface area (TPSA) is 81.7 Å². The zero-order valence-corrected chi connectivity index (χ0v) is 10.3. The molecule has 6 nitrogen and oxygen atoms in total. The Kier molecular flexibility index (Phi) is 6.48. The van der Waals surface area contributed by atoms with Crippen LogP contribution in [0.3, 0.4) is 0 Å². The number of amides is 2. The molecular weight excluding hydrogens is 210 g/mol. The average Bonchev–Trinajstić information content (AvgIpc) is 2.11. The van der Waals surface area contributed by atoms with E-state index in [1.165, 1.54) is 0 Å². The van der Waals surface area contributed by atoms with Crippen molar-refractivity contribution in [2.75, 3.05) is 20.6 Å². The summed E-state index contributed by atoms with van der Waals surface area (Å²) in [7, 11) is 3.81. The number of nitrogens with zero attached hydrogens (tertiary/aromatic N) is 1. The van der Waals surface area contributed by atoms with Crippen LogP contribution in [0.4, 0.5) is 4.79 Å². The van der Waals surface area contributed by atoms with E-state index in [-0.39, 0.29) is 6.04 Å². The number of urea groups is 1. The molecule has 3 N–H and O–H groups in total. The summed E-state index contributed by atoms with van der Waals surface area (Å²) < 4.78 is 0. The summed E-state index contributed by atoms with van der Waals surface area (Å²) in [5.41, 5.74) is 0. The third-order valence-electron chi connectivity index (χ3n) is 2.03. The van der Waals surface area contributed by atoms with E-state index < -0.39 is 18.0 Å². The fourth-order valence-corrected chi connectivity index (χ4v) is 1.36. The lowest BCUT2D eigenvalue weighted by Gasteiger charge is -2.20. The fraction of sp³-hybridized carbons (Fsp3) is 0.800. The third-order valence-corrected chi connectivity index (χ3v) is 2.03. The quantitative estimate of drug-likeness (QED) is 0.605. The zero-order valence-electron chi connectivity index (χ0n) is 10.3. The number of carbonyl (C=O) groups is 2. The summed E-state index contributed by atoms with van der Waals surface area (Å²) in [6.45, 7) is 4.28. The molecule has 0 aliphatic carbocycles. The summed E-state index contributed by atoms with van der Waals surface area (Å²) in [6, 6.07) is -1.29. The van der Waals surface area contributed by atoms with Crippen molar-refractivity contribution in [3.05, 3.63) is 0 Å². The van der Waals surface area contributed by atoms with E-state index in [9.17, 15) is 9.59 Å². The lowest BCUT2D eigenvalue weighted by Crippen LogP contribution is -2.50. The van der Waals surface area contributed by atoms with Gasteiger partial charge in [0.1, 0.15) is 6.04 Å². The Morgan fingerprint density at radius 3 is 2.25 bits per heavy atom. The van der Waals surface area contributed by atoms with E-state index in [0.29, 0.717) is 13.0 Å². The number of nitrogens with one attached hydrogen (secondary N) is 2. The van der Waals surface area contributed by atoms with Crippen LogP contribution in [0.1, 0.15) is 20.3 Å². The van der Waals surface area contributed by atoms with E-state index in [0.717, 1.165) is 0 Å². The van der Waals surface area contributed by atoms with Gasteiger partial charge in [0.05, 0.1) is 0 Å². The molecule has 0 radical (unpaired) electrons. The summed E-state index contributed by atoms with van der Waals surface area (Å²) in [4.78, 5) is 24.0. The third kappa shape index (κ3) is 6.23. The van der Waals surface area contributed by atoms with Crippen LogP contribution in [0.15, 0.2) is 0 Å². The lowest BCUT2D eigenvalue weighted by molar-refractivity contribution is -0.139. The normalized spacial score (nSPS) is 14.3. The first kappa shape index (κ1) is 14.7. The van der Waals surface area contributed by atoms with Crippen LogP contribution >= 0.6 is 0 Å². The number of rotatable bonds is 6. The van der Waals surface area contributed by atoms with E-state index in [4.69, 9.17) is 5.11 Å². The smallest absolute Gasteiger partial charge is 0.326 e. The highest BCUT2D eigenvalue weighted by Gasteiger charge is 2.18. The number of hydrogen-bond acceptors (Lipinski definition) is 3. The predicted molar refractivity (Wildman–Crippen MR) is 61.4 cm³/mol. The molecule has 6 heteroatoms. The Bertz CT molecular complexity index is 243. The number of likely N-dealkylation sites (N-methyl/N-ethyl adjacent to an activating group) is 1. The Labute approximate surface area is 96.0 Å². The standard InChI is InChI=1S/C10H21N3O3/c1-5-8(9(14)15)12-10(16)11-7(2)6-13(3)4/h7-8H,5-6H2,1-4H3,(H,14,15)(H2,11,12,16)/t7?,8-/m0/s1. The van der Waals surface area contributed by atoms with Crippen molar-refractivity contribution in [3.63, 3.8) is 0 Å². The minimum absolute atomic E-state index is 0.0266. The van der Waals surface area contributed by atoms with Gasteiger partial charge < -0.3 is 20.6 Å². The summed E-state index contributed by atoms with van der Waals surface area (Å²) in [6.07, 6.45) is 0.366. The molecular formula is C10H21N3O3. The van der Waals surface area contributed by atoms with Crippen LogP contribution in [0.2, 0.25) is 0 Å². The molecule has 0 heterocycles. The van der Waals surface area contributed by atoms with Crippen LogP contribution in [0, 0.1) is 0 Å². The van der Waals surface area contributed by atoms with Gasteiger partial charge in [-0.25, -0.2) is 9.59 Å². The minimum atomic E-state index is -1.02. The van der Waals surface area contributed by atoms with Crippen molar-refractivity contribution < 1.29 is 14.7 Å². The minimum Gasteiger partial charge on any atom is -0.480 e. The lowest BCUT2D eigenvalue weighted by atomic mass is 10.2. The van der Waals surface area contributed by atoms with Crippen LogP contribution < -0.4 is 10.6 Å². The molecule has 0 aliphatic rings. The Morgan fingerprint density at radius 2 is 1.88 bits per heavy atom. The molecule has 0 aromatic rings. The number of aliphatic carboxylic acids is 1. The highest BCUT2D eigenvalue weighted by atomic mass is 16.4. The zero-order chi connectivity index (χ0) is 12.7. The predicted octanol–water partition coefficient (Wildman–Crippen LogP) is 0.0989. The first-order valence-corrected chi connectivity index (χ1v) is 5.31. The van der Waals surface area contributed by atoms with E-state index >= 15 is 0 Å². The molecule has 0 aromatic carbocycles. The van der Waals surface area contributed by atoms with Gasteiger partial charge in [0.25, 0.3) is 0 Å². The average molecular weight is 231 g/mol. The first-order valence-electron chi connectivity index (χ1n) is 5.31. The van der Waals surface area contributed by atoms with Gasteiger partial charge in [0.2, 0.25) is 0 Å². The maximum Gasteiger partial charge on any atom is 0.326 e. The SMILES string of the molecule is CC[C@H](NC(=O)NC(C)CN(C)C)C(=O)O. The van der Waals surface area contributed by atoms with Gasteiger partial charge in [-0.15, -0.1) is 0 Å². The van der Waals surface area contributed by atoms with Gasteiger partial charge in [-0.1, -0.05) is 6.92 Å². The summed E-state index contributed by atoms with van der Waals surface area (Å²) in [5, 5.41) is 13.8. The van der Waals surface area contributed by atoms with Crippen molar-refractivity contribution in [2.45, 2.75) is 32.4 Å². The number of carboxylic acid groups (broad SMARTS) is 1. The fourth-order valence-electron chi connectivity index (χ4n) is 1.36. The molecule has 0 saturated heterocycles.